The number of pyridine rings is 1. The molecule has 0 unspecified atom stereocenters. The van der Waals surface area contributed by atoms with E-state index in [2.05, 4.69) is 4.90 Å². The van der Waals surface area contributed by atoms with Crippen LogP contribution in [0.5, 0.6) is 0 Å². The van der Waals surface area contributed by atoms with Crippen LogP contribution in [0.2, 0.25) is 0 Å². The van der Waals surface area contributed by atoms with Crippen molar-refractivity contribution in [1.29, 1.82) is 0 Å². The summed E-state index contributed by atoms with van der Waals surface area (Å²) in [5.74, 6) is 0. The van der Waals surface area contributed by atoms with Gasteiger partial charge in [0, 0.05) is 25.3 Å². The summed E-state index contributed by atoms with van der Waals surface area (Å²) in [6.45, 7) is 7.28. The molecule has 1 fully saturated rings. The summed E-state index contributed by atoms with van der Waals surface area (Å²) in [7, 11) is 0. The standard InChI is InChI=1S/C14H20N2O3/c1-3-4-16-11(2)9-13(12(10-17)14(16)18)15-5-7-19-8-6-15/h9-10H,3-8H2,1-2H3. The van der Waals surface area contributed by atoms with Crippen LogP contribution in [-0.4, -0.2) is 37.2 Å². The fourth-order valence-electron chi connectivity index (χ4n) is 2.45. The SMILES string of the molecule is CCCn1c(C)cc(N2CCOCC2)c(C=O)c1=O. The number of morpholine rings is 1. The van der Waals surface area contributed by atoms with Gasteiger partial charge in [0.05, 0.1) is 18.9 Å². The van der Waals surface area contributed by atoms with Crippen LogP contribution in [-0.2, 0) is 11.3 Å². The van der Waals surface area contributed by atoms with E-state index in [-0.39, 0.29) is 11.1 Å². The number of anilines is 1. The maximum atomic E-state index is 12.3. The average Bonchev–Trinajstić information content (AvgIpc) is 2.44. The van der Waals surface area contributed by atoms with Crippen LogP contribution in [0.3, 0.4) is 0 Å². The molecule has 0 bridgehead atoms. The van der Waals surface area contributed by atoms with Crippen molar-refractivity contribution in [2.24, 2.45) is 0 Å². The lowest BCUT2D eigenvalue weighted by Gasteiger charge is -2.30. The molecule has 2 heterocycles. The minimum Gasteiger partial charge on any atom is -0.378 e. The second-order valence-corrected chi connectivity index (χ2v) is 4.76. The van der Waals surface area contributed by atoms with Gasteiger partial charge in [0.2, 0.25) is 0 Å². The molecule has 0 N–H and O–H groups in total. The highest BCUT2D eigenvalue weighted by atomic mass is 16.5. The lowest BCUT2D eigenvalue weighted by Crippen LogP contribution is -2.39. The minimum atomic E-state index is -0.182. The van der Waals surface area contributed by atoms with Crippen LogP contribution in [0, 0.1) is 6.92 Å². The molecule has 0 aromatic carbocycles. The van der Waals surface area contributed by atoms with E-state index in [1.165, 1.54) is 0 Å². The highest BCUT2D eigenvalue weighted by molar-refractivity contribution is 5.84. The monoisotopic (exact) mass is 264 g/mol. The molecule has 5 nitrogen and oxygen atoms in total. The molecule has 1 saturated heterocycles. The number of hydrogen-bond donors (Lipinski definition) is 0. The number of rotatable bonds is 4. The molecule has 1 aliphatic rings. The van der Waals surface area contributed by atoms with Gasteiger partial charge < -0.3 is 14.2 Å². The van der Waals surface area contributed by atoms with Gasteiger partial charge in [-0.2, -0.15) is 0 Å². The quantitative estimate of drug-likeness (QED) is 0.767. The summed E-state index contributed by atoms with van der Waals surface area (Å²) in [6, 6.07) is 1.94. The zero-order valence-corrected chi connectivity index (χ0v) is 11.5. The molecule has 1 aliphatic heterocycles. The molecule has 0 amide bonds. The maximum Gasteiger partial charge on any atom is 0.263 e. The van der Waals surface area contributed by atoms with Crippen molar-refractivity contribution in [3.63, 3.8) is 0 Å². The zero-order valence-electron chi connectivity index (χ0n) is 11.5. The topological polar surface area (TPSA) is 51.5 Å². The highest BCUT2D eigenvalue weighted by Crippen LogP contribution is 2.19. The number of ether oxygens (including phenoxy) is 1. The second-order valence-electron chi connectivity index (χ2n) is 4.76. The molecule has 0 radical (unpaired) electrons. The van der Waals surface area contributed by atoms with Crippen molar-refractivity contribution in [3.05, 3.63) is 27.7 Å². The summed E-state index contributed by atoms with van der Waals surface area (Å²) in [5, 5.41) is 0. The third kappa shape index (κ3) is 2.71. The van der Waals surface area contributed by atoms with Crippen molar-refractivity contribution in [3.8, 4) is 0 Å². The van der Waals surface area contributed by atoms with Crippen LogP contribution < -0.4 is 10.5 Å². The van der Waals surface area contributed by atoms with Gasteiger partial charge >= 0.3 is 0 Å². The van der Waals surface area contributed by atoms with Gasteiger partial charge in [0.1, 0.15) is 5.56 Å². The van der Waals surface area contributed by atoms with Gasteiger partial charge in [-0.3, -0.25) is 9.59 Å². The number of aromatic nitrogens is 1. The van der Waals surface area contributed by atoms with Gasteiger partial charge in [0.15, 0.2) is 6.29 Å². The van der Waals surface area contributed by atoms with E-state index in [0.717, 1.165) is 30.9 Å². The Labute approximate surface area is 112 Å². The normalized spacial score (nSPS) is 15.6. The maximum absolute atomic E-state index is 12.3. The third-order valence-electron chi connectivity index (χ3n) is 3.44. The highest BCUT2D eigenvalue weighted by Gasteiger charge is 2.19. The van der Waals surface area contributed by atoms with Crippen LogP contribution in [0.25, 0.3) is 0 Å². The zero-order chi connectivity index (χ0) is 13.8. The first kappa shape index (κ1) is 13.8. The van der Waals surface area contributed by atoms with Crippen LogP contribution in [0.4, 0.5) is 5.69 Å². The number of carbonyl (C=O) groups excluding carboxylic acids is 1. The Balaban J connectivity index is 2.49. The minimum absolute atomic E-state index is 0.182. The first-order valence-electron chi connectivity index (χ1n) is 6.71. The van der Waals surface area contributed by atoms with Crippen molar-refractivity contribution in [2.45, 2.75) is 26.8 Å². The van der Waals surface area contributed by atoms with Crippen LogP contribution in [0.15, 0.2) is 10.9 Å². The van der Waals surface area contributed by atoms with Crippen molar-refractivity contribution >= 4 is 12.0 Å². The van der Waals surface area contributed by atoms with Crippen LogP contribution >= 0.6 is 0 Å². The Morgan fingerprint density at radius 2 is 2.05 bits per heavy atom. The number of hydrogen-bond acceptors (Lipinski definition) is 4. The molecular formula is C14H20N2O3. The third-order valence-corrected chi connectivity index (χ3v) is 3.44. The summed E-state index contributed by atoms with van der Waals surface area (Å²) in [6.07, 6.45) is 1.55. The summed E-state index contributed by atoms with van der Waals surface area (Å²) in [5.41, 5.74) is 1.73. The molecule has 0 aliphatic carbocycles. The molecule has 5 heteroatoms. The molecule has 2 rings (SSSR count). The van der Waals surface area contributed by atoms with Gasteiger partial charge in [0.25, 0.3) is 5.56 Å². The Bertz CT molecular complexity index is 516. The van der Waals surface area contributed by atoms with E-state index in [4.69, 9.17) is 4.74 Å². The van der Waals surface area contributed by atoms with Gasteiger partial charge in [-0.05, 0) is 19.4 Å². The van der Waals surface area contributed by atoms with E-state index in [9.17, 15) is 9.59 Å². The van der Waals surface area contributed by atoms with Gasteiger partial charge in [-0.1, -0.05) is 6.92 Å². The van der Waals surface area contributed by atoms with Crippen LogP contribution in [0.1, 0.15) is 29.4 Å². The lowest BCUT2D eigenvalue weighted by atomic mass is 10.1. The average molecular weight is 264 g/mol. The first-order valence-corrected chi connectivity index (χ1v) is 6.71. The molecule has 0 spiro atoms. The first-order chi connectivity index (χ1) is 9.19. The fourth-order valence-corrected chi connectivity index (χ4v) is 2.45. The number of aldehydes is 1. The molecule has 104 valence electrons. The van der Waals surface area contributed by atoms with Crippen molar-refractivity contribution < 1.29 is 9.53 Å². The molecule has 0 atom stereocenters. The summed E-state index contributed by atoms with van der Waals surface area (Å²) >= 11 is 0. The number of aryl methyl sites for hydroxylation is 1. The summed E-state index contributed by atoms with van der Waals surface area (Å²) < 4.78 is 6.98. The van der Waals surface area contributed by atoms with Gasteiger partial charge in [-0.25, -0.2) is 0 Å². The number of carbonyl (C=O) groups is 1. The molecule has 1 aromatic rings. The second kappa shape index (κ2) is 6.02. The van der Waals surface area contributed by atoms with Gasteiger partial charge in [-0.15, -0.1) is 0 Å². The van der Waals surface area contributed by atoms with Crippen molar-refractivity contribution in [2.75, 3.05) is 31.2 Å². The fraction of sp³-hybridized carbons (Fsp3) is 0.571. The molecule has 0 saturated carbocycles. The molecule has 19 heavy (non-hydrogen) atoms. The summed E-state index contributed by atoms with van der Waals surface area (Å²) in [4.78, 5) is 25.7. The Morgan fingerprint density at radius 1 is 1.37 bits per heavy atom. The molecule has 1 aromatic heterocycles. The lowest BCUT2D eigenvalue weighted by molar-refractivity contribution is 0.111. The smallest absolute Gasteiger partial charge is 0.263 e. The Hall–Kier alpha value is -1.62. The largest absolute Gasteiger partial charge is 0.378 e. The van der Waals surface area contributed by atoms with E-state index in [1.807, 2.05) is 19.9 Å². The number of nitrogens with zero attached hydrogens (tertiary/aromatic N) is 2. The van der Waals surface area contributed by atoms with E-state index < -0.39 is 0 Å². The Morgan fingerprint density at radius 3 is 2.63 bits per heavy atom. The van der Waals surface area contributed by atoms with Crippen molar-refractivity contribution in [1.82, 2.24) is 4.57 Å². The van der Waals surface area contributed by atoms with E-state index in [1.54, 1.807) is 4.57 Å². The molecular weight excluding hydrogens is 244 g/mol. The predicted molar refractivity (Wildman–Crippen MR) is 74.1 cm³/mol. The predicted octanol–water partition coefficient (Wildman–Crippen LogP) is 1.22. The van der Waals surface area contributed by atoms with E-state index in [0.29, 0.717) is 26.0 Å². The van der Waals surface area contributed by atoms with E-state index >= 15 is 0 Å². The Kier molecular flexibility index (Phi) is 4.37.